The number of hydrogen-bond acceptors (Lipinski definition) is 2. The molecule has 0 amide bonds. The van der Waals surface area contributed by atoms with Crippen molar-refractivity contribution in [1.82, 2.24) is 9.38 Å². The average Bonchev–Trinajstić information content (AvgIpc) is 2.86. The Hall–Kier alpha value is -1.13. The summed E-state index contributed by atoms with van der Waals surface area (Å²) in [6.07, 6.45) is 2.05. The lowest BCUT2D eigenvalue weighted by Gasteiger charge is -1.93. The zero-order chi connectivity index (χ0) is 10.3. The minimum Gasteiger partial charge on any atom is -0.293 e. The van der Waals surface area contributed by atoms with Crippen LogP contribution in [0.5, 0.6) is 0 Å². The molecule has 0 saturated heterocycles. The molecule has 0 atom stereocenters. The van der Waals surface area contributed by atoms with Crippen LogP contribution in [0.2, 0.25) is 0 Å². The van der Waals surface area contributed by atoms with Gasteiger partial charge in [-0.2, -0.15) is 0 Å². The fourth-order valence-electron chi connectivity index (χ4n) is 1.52. The van der Waals surface area contributed by atoms with E-state index in [4.69, 9.17) is 0 Å². The van der Waals surface area contributed by atoms with E-state index in [-0.39, 0.29) is 0 Å². The zero-order valence-corrected chi connectivity index (χ0v) is 10.1. The summed E-state index contributed by atoms with van der Waals surface area (Å²) in [5.74, 6) is 0. The Morgan fingerprint density at radius 2 is 2.13 bits per heavy atom. The topological polar surface area (TPSA) is 17.3 Å². The Kier molecular flexibility index (Phi) is 2.11. The minimum absolute atomic E-state index is 0.966. The monoisotopic (exact) mass is 278 g/mol. The fraction of sp³-hybridized carbons (Fsp3) is 0. The van der Waals surface area contributed by atoms with Gasteiger partial charge in [0.25, 0.3) is 0 Å². The Bertz CT molecular complexity index is 598. The molecule has 2 nitrogen and oxygen atoms in total. The zero-order valence-electron chi connectivity index (χ0n) is 7.72. The van der Waals surface area contributed by atoms with Crippen molar-refractivity contribution in [3.63, 3.8) is 0 Å². The number of rotatable bonds is 1. The number of pyridine rings is 1. The summed E-state index contributed by atoms with van der Waals surface area (Å²) in [7, 11) is 0. The molecule has 3 aromatic rings. The highest BCUT2D eigenvalue weighted by molar-refractivity contribution is 9.10. The van der Waals surface area contributed by atoms with Crippen LogP contribution in [-0.4, -0.2) is 9.38 Å². The largest absolute Gasteiger partial charge is 0.293 e. The molecule has 0 aliphatic heterocycles. The van der Waals surface area contributed by atoms with Gasteiger partial charge in [0.2, 0.25) is 0 Å². The third-order valence-electron chi connectivity index (χ3n) is 2.22. The van der Waals surface area contributed by atoms with Crippen molar-refractivity contribution >= 4 is 32.9 Å². The van der Waals surface area contributed by atoms with Gasteiger partial charge in [-0.05, 0) is 39.5 Å². The maximum atomic E-state index is 4.56. The van der Waals surface area contributed by atoms with Gasteiger partial charge in [0.1, 0.15) is 5.65 Å². The van der Waals surface area contributed by atoms with E-state index in [0.29, 0.717) is 0 Å². The van der Waals surface area contributed by atoms with Crippen molar-refractivity contribution in [2.24, 2.45) is 0 Å². The van der Waals surface area contributed by atoms with Crippen LogP contribution in [0.15, 0.2) is 46.5 Å². The molecule has 0 fully saturated rings. The molecule has 0 N–H and O–H groups in total. The maximum absolute atomic E-state index is 4.56. The molecule has 15 heavy (non-hydrogen) atoms. The molecule has 0 radical (unpaired) electrons. The van der Waals surface area contributed by atoms with Crippen molar-refractivity contribution in [3.8, 4) is 10.6 Å². The maximum Gasteiger partial charge on any atom is 0.138 e. The summed E-state index contributed by atoms with van der Waals surface area (Å²) in [5.41, 5.74) is 1.99. The van der Waals surface area contributed by atoms with E-state index in [2.05, 4.69) is 32.4 Å². The molecule has 3 aromatic heterocycles. The SMILES string of the molecule is Brc1cccc2nc(-c3cccs3)cn12. The van der Waals surface area contributed by atoms with Crippen molar-refractivity contribution in [1.29, 1.82) is 0 Å². The van der Waals surface area contributed by atoms with Gasteiger partial charge in [0.05, 0.1) is 15.2 Å². The average molecular weight is 279 g/mol. The van der Waals surface area contributed by atoms with E-state index in [0.717, 1.165) is 15.9 Å². The van der Waals surface area contributed by atoms with E-state index in [9.17, 15) is 0 Å². The summed E-state index contributed by atoms with van der Waals surface area (Å²) < 4.78 is 3.06. The third kappa shape index (κ3) is 1.50. The number of fused-ring (bicyclic) bond motifs is 1. The summed E-state index contributed by atoms with van der Waals surface area (Å²) in [5, 5.41) is 2.06. The molecule has 0 unspecified atom stereocenters. The smallest absolute Gasteiger partial charge is 0.138 e. The van der Waals surface area contributed by atoms with Crippen LogP contribution >= 0.6 is 27.3 Å². The molecule has 0 aliphatic carbocycles. The van der Waals surface area contributed by atoms with Crippen LogP contribution in [0.3, 0.4) is 0 Å². The van der Waals surface area contributed by atoms with E-state index in [1.165, 1.54) is 4.88 Å². The van der Waals surface area contributed by atoms with Gasteiger partial charge in [-0.1, -0.05) is 12.1 Å². The van der Waals surface area contributed by atoms with E-state index >= 15 is 0 Å². The van der Waals surface area contributed by atoms with Crippen molar-refractivity contribution in [2.75, 3.05) is 0 Å². The highest BCUT2D eigenvalue weighted by Gasteiger charge is 2.05. The van der Waals surface area contributed by atoms with Crippen LogP contribution in [0.25, 0.3) is 16.2 Å². The molecule has 0 aromatic carbocycles. The van der Waals surface area contributed by atoms with Crippen LogP contribution < -0.4 is 0 Å². The summed E-state index contributed by atoms with van der Waals surface area (Å²) in [4.78, 5) is 5.76. The lowest BCUT2D eigenvalue weighted by Crippen LogP contribution is -1.82. The highest BCUT2D eigenvalue weighted by Crippen LogP contribution is 2.25. The number of thiophene rings is 1. The lowest BCUT2D eigenvalue weighted by molar-refractivity contribution is 1.14. The second kappa shape index (κ2) is 3.47. The second-order valence-corrected chi connectivity index (χ2v) is 4.94. The Labute approximate surface area is 99.3 Å². The quantitative estimate of drug-likeness (QED) is 0.619. The van der Waals surface area contributed by atoms with Crippen LogP contribution in [0, 0.1) is 0 Å². The van der Waals surface area contributed by atoms with Gasteiger partial charge in [-0.3, -0.25) is 4.40 Å². The number of imidazole rings is 1. The molecule has 0 spiro atoms. The van der Waals surface area contributed by atoms with E-state index in [1.807, 2.05) is 34.9 Å². The normalized spacial score (nSPS) is 11.0. The highest BCUT2D eigenvalue weighted by atomic mass is 79.9. The minimum atomic E-state index is 0.966. The Morgan fingerprint density at radius 3 is 2.87 bits per heavy atom. The first-order chi connectivity index (χ1) is 7.34. The lowest BCUT2D eigenvalue weighted by atomic mass is 10.4. The molecule has 3 rings (SSSR count). The van der Waals surface area contributed by atoms with Gasteiger partial charge in [-0.15, -0.1) is 11.3 Å². The number of nitrogens with zero attached hydrogens (tertiary/aromatic N) is 2. The molecule has 0 bridgehead atoms. The van der Waals surface area contributed by atoms with Gasteiger partial charge in [-0.25, -0.2) is 4.98 Å². The molecule has 0 saturated carbocycles. The standard InChI is InChI=1S/C11H7BrN2S/c12-10-4-1-5-11-13-8(7-14(10)11)9-3-2-6-15-9/h1-7H. The predicted octanol–water partition coefficient (Wildman–Crippen LogP) is 3.83. The second-order valence-electron chi connectivity index (χ2n) is 3.18. The van der Waals surface area contributed by atoms with Crippen LogP contribution in [0.4, 0.5) is 0 Å². The van der Waals surface area contributed by atoms with Gasteiger partial charge < -0.3 is 0 Å². The predicted molar refractivity (Wildman–Crippen MR) is 66.2 cm³/mol. The summed E-state index contributed by atoms with van der Waals surface area (Å²) in [6.45, 7) is 0. The van der Waals surface area contributed by atoms with Crippen molar-refractivity contribution in [3.05, 3.63) is 46.5 Å². The first-order valence-electron chi connectivity index (χ1n) is 4.52. The van der Waals surface area contributed by atoms with Gasteiger partial charge >= 0.3 is 0 Å². The van der Waals surface area contributed by atoms with Gasteiger partial charge in [0, 0.05) is 6.20 Å². The summed E-state index contributed by atoms with van der Waals surface area (Å²) >= 11 is 5.21. The van der Waals surface area contributed by atoms with Gasteiger partial charge in [0.15, 0.2) is 0 Å². The third-order valence-corrected chi connectivity index (χ3v) is 3.75. The number of hydrogen-bond donors (Lipinski definition) is 0. The first-order valence-corrected chi connectivity index (χ1v) is 6.19. The molecular weight excluding hydrogens is 272 g/mol. The van der Waals surface area contributed by atoms with Crippen LogP contribution in [0.1, 0.15) is 0 Å². The molecule has 74 valence electrons. The molecule has 3 heterocycles. The molecule has 0 aliphatic rings. The molecule has 4 heteroatoms. The fourth-order valence-corrected chi connectivity index (χ4v) is 2.64. The number of aromatic nitrogens is 2. The van der Waals surface area contributed by atoms with Crippen LogP contribution in [-0.2, 0) is 0 Å². The van der Waals surface area contributed by atoms with Crippen molar-refractivity contribution in [2.45, 2.75) is 0 Å². The molecular formula is C11H7BrN2S. The van der Waals surface area contributed by atoms with Crippen molar-refractivity contribution < 1.29 is 0 Å². The summed E-state index contributed by atoms with van der Waals surface area (Å²) in [6, 6.07) is 10.1. The Morgan fingerprint density at radius 1 is 1.20 bits per heavy atom. The number of halogens is 1. The Balaban J connectivity index is 2.27. The first kappa shape index (κ1) is 9.12. The van der Waals surface area contributed by atoms with E-state index in [1.54, 1.807) is 11.3 Å². The van der Waals surface area contributed by atoms with E-state index < -0.39 is 0 Å².